The van der Waals surface area contributed by atoms with Crippen LogP contribution in [0.5, 0.6) is 5.75 Å². The van der Waals surface area contributed by atoms with Crippen LogP contribution in [0.25, 0.3) is 0 Å². The molecule has 0 atom stereocenters. The highest BCUT2D eigenvalue weighted by molar-refractivity contribution is 9.08. The van der Waals surface area contributed by atoms with E-state index in [4.69, 9.17) is 5.11 Å². The molecule has 0 bridgehead atoms. The van der Waals surface area contributed by atoms with E-state index in [0.29, 0.717) is 11.1 Å². The fourth-order valence-corrected chi connectivity index (χ4v) is 1.85. The van der Waals surface area contributed by atoms with Gasteiger partial charge in [0.05, 0.1) is 5.56 Å². The average molecular weight is 295 g/mol. The number of aromatic carboxylic acids is 1. The normalized spacial score (nSPS) is 10.6. The summed E-state index contributed by atoms with van der Waals surface area (Å²) in [6, 6.07) is 2.57. The molecule has 6 heteroatoms. The third kappa shape index (κ3) is 2.91. The minimum Gasteiger partial charge on any atom is -0.478 e. The van der Waals surface area contributed by atoms with Gasteiger partial charge in [-0.25, -0.2) is 4.79 Å². The first-order chi connectivity index (χ1) is 7.45. The summed E-state index contributed by atoms with van der Waals surface area (Å²) in [5, 5.41) is 9.20. The van der Waals surface area contributed by atoms with Crippen LogP contribution in [-0.4, -0.2) is 17.7 Å². The number of benzene rings is 1. The van der Waals surface area contributed by atoms with Crippen LogP contribution in [0.15, 0.2) is 12.1 Å². The zero-order chi connectivity index (χ0) is 12.3. The van der Waals surface area contributed by atoms with Gasteiger partial charge >= 0.3 is 12.6 Å². The number of carboxylic acids is 1. The molecule has 1 aromatic rings. The lowest BCUT2D eigenvalue weighted by molar-refractivity contribution is -0.0498. The number of ether oxygens (including phenoxy) is 1. The average Bonchev–Trinajstić information content (AvgIpc) is 2.14. The lowest BCUT2D eigenvalue weighted by Gasteiger charge is -2.11. The summed E-state index contributed by atoms with van der Waals surface area (Å²) in [4.78, 5) is 10.9. The number of hydrogen-bond acceptors (Lipinski definition) is 2. The predicted octanol–water partition coefficient (Wildman–Crippen LogP) is 3.19. The second-order valence-corrected chi connectivity index (χ2v) is 3.65. The maximum atomic E-state index is 12.0. The Labute approximate surface area is 99.2 Å². The van der Waals surface area contributed by atoms with Gasteiger partial charge in [-0.15, -0.1) is 0 Å². The molecule has 3 nitrogen and oxygen atoms in total. The molecular formula is C10H9BrF2O3. The summed E-state index contributed by atoms with van der Waals surface area (Å²) in [5.74, 6) is -1.12. The summed E-state index contributed by atoms with van der Waals surface area (Å²) in [6.07, 6.45) is 0. The van der Waals surface area contributed by atoms with Crippen molar-refractivity contribution in [3.05, 3.63) is 28.8 Å². The van der Waals surface area contributed by atoms with Crippen LogP contribution in [0, 0.1) is 6.92 Å². The van der Waals surface area contributed by atoms with E-state index in [2.05, 4.69) is 20.7 Å². The molecule has 0 saturated heterocycles. The van der Waals surface area contributed by atoms with Gasteiger partial charge in [0.15, 0.2) is 0 Å². The van der Waals surface area contributed by atoms with E-state index in [9.17, 15) is 13.6 Å². The molecule has 16 heavy (non-hydrogen) atoms. The third-order valence-electron chi connectivity index (χ3n) is 1.97. The van der Waals surface area contributed by atoms with Crippen molar-refractivity contribution < 1.29 is 23.4 Å². The van der Waals surface area contributed by atoms with Gasteiger partial charge in [-0.2, -0.15) is 8.78 Å². The van der Waals surface area contributed by atoms with Gasteiger partial charge in [0.25, 0.3) is 0 Å². The monoisotopic (exact) mass is 294 g/mol. The van der Waals surface area contributed by atoms with Crippen LogP contribution in [0.4, 0.5) is 8.78 Å². The Morgan fingerprint density at radius 3 is 2.62 bits per heavy atom. The fourth-order valence-electron chi connectivity index (χ4n) is 1.41. The Morgan fingerprint density at radius 1 is 1.56 bits per heavy atom. The molecule has 0 unspecified atom stereocenters. The van der Waals surface area contributed by atoms with Gasteiger partial charge < -0.3 is 9.84 Å². The van der Waals surface area contributed by atoms with Crippen molar-refractivity contribution in [1.29, 1.82) is 0 Å². The number of carbonyl (C=O) groups is 1. The van der Waals surface area contributed by atoms with Gasteiger partial charge in [0.1, 0.15) is 5.75 Å². The van der Waals surface area contributed by atoms with Crippen molar-refractivity contribution in [1.82, 2.24) is 0 Å². The van der Waals surface area contributed by atoms with E-state index in [1.807, 2.05) is 0 Å². The molecule has 1 aromatic carbocycles. The number of hydrogen-bond donors (Lipinski definition) is 1. The first-order valence-electron chi connectivity index (χ1n) is 4.33. The standard InChI is InChI=1S/C10H9BrF2O3/c1-5-2-7(16-10(12)13)3-6(4-11)8(5)9(14)15/h2-3,10H,4H2,1H3,(H,14,15). The second kappa shape index (κ2) is 5.25. The SMILES string of the molecule is Cc1cc(OC(F)F)cc(CBr)c1C(=O)O. The minimum atomic E-state index is -2.92. The maximum Gasteiger partial charge on any atom is 0.387 e. The van der Waals surface area contributed by atoms with E-state index in [1.165, 1.54) is 19.1 Å². The molecule has 0 aliphatic heterocycles. The van der Waals surface area contributed by atoms with E-state index in [0.717, 1.165) is 0 Å². The molecule has 0 heterocycles. The highest BCUT2D eigenvalue weighted by Crippen LogP contribution is 2.25. The molecule has 0 aliphatic carbocycles. The highest BCUT2D eigenvalue weighted by Gasteiger charge is 2.15. The molecule has 0 aromatic heterocycles. The predicted molar refractivity (Wildman–Crippen MR) is 57.4 cm³/mol. The molecule has 1 rings (SSSR count). The Hall–Kier alpha value is -1.17. The van der Waals surface area contributed by atoms with Gasteiger partial charge in [0, 0.05) is 5.33 Å². The molecule has 0 fully saturated rings. The molecule has 1 N–H and O–H groups in total. The summed E-state index contributed by atoms with van der Waals surface area (Å²) in [6.45, 7) is -1.38. The maximum absolute atomic E-state index is 12.0. The zero-order valence-corrected chi connectivity index (χ0v) is 9.92. The third-order valence-corrected chi connectivity index (χ3v) is 2.58. The van der Waals surface area contributed by atoms with E-state index in [-0.39, 0.29) is 16.6 Å². The summed E-state index contributed by atoms with van der Waals surface area (Å²) < 4.78 is 28.2. The Kier molecular flexibility index (Phi) is 4.23. The quantitative estimate of drug-likeness (QED) is 0.868. The highest BCUT2D eigenvalue weighted by atomic mass is 79.9. The smallest absolute Gasteiger partial charge is 0.387 e. The molecule has 0 amide bonds. The summed E-state index contributed by atoms with van der Waals surface area (Å²) in [7, 11) is 0. The van der Waals surface area contributed by atoms with Crippen molar-refractivity contribution in [3.63, 3.8) is 0 Å². The van der Waals surface area contributed by atoms with Crippen molar-refractivity contribution in [2.24, 2.45) is 0 Å². The second-order valence-electron chi connectivity index (χ2n) is 3.09. The van der Waals surface area contributed by atoms with Crippen LogP contribution in [-0.2, 0) is 5.33 Å². The lowest BCUT2D eigenvalue weighted by atomic mass is 10.0. The van der Waals surface area contributed by atoms with E-state index >= 15 is 0 Å². The van der Waals surface area contributed by atoms with Crippen molar-refractivity contribution in [2.45, 2.75) is 18.9 Å². The van der Waals surface area contributed by atoms with Crippen LogP contribution in [0.1, 0.15) is 21.5 Å². The van der Waals surface area contributed by atoms with E-state index < -0.39 is 12.6 Å². The molecule has 88 valence electrons. The topological polar surface area (TPSA) is 46.5 Å². The summed E-state index contributed by atoms with van der Waals surface area (Å²) >= 11 is 3.10. The fraction of sp³-hybridized carbons (Fsp3) is 0.300. The molecule has 0 saturated carbocycles. The first-order valence-corrected chi connectivity index (χ1v) is 5.45. The number of alkyl halides is 3. The van der Waals surface area contributed by atoms with Gasteiger partial charge in [0.2, 0.25) is 0 Å². The van der Waals surface area contributed by atoms with Crippen molar-refractivity contribution in [3.8, 4) is 5.75 Å². The molecule has 0 radical (unpaired) electrons. The van der Waals surface area contributed by atoms with Crippen molar-refractivity contribution >= 4 is 21.9 Å². The van der Waals surface area contributed by atoms with Gasteiger partial charge in [-0.3, -0.25) is 0 Å². The number of carboxylic acid groups (broad SMARTS) is 1. The van der Waals surface area contributed by atoms with Crippen molar-refractivity contribution in [2.75, 3.05) is 0 Å². The number of halogens is 3. The molecular weight excluding hydrogens is 286 g/mol. The Balaban J connectivity index is 3.21. The van der Waals surface area contributed by atoms with Crippen LogP contribution in [0.3, 0.4) is 0 Å². The molecule has 0 spiro atoms. The largest absolute Gasteiger partial charge is 0.478 e. The Bertz CT molecular complexity index is 407. The van der Waals surface area contributed by atoms with Crippen LogP contribution >= 0.6 is 15.9 Å². The lowest BCUT2D eigenvalue weighted by Crippen LogP contribution is -2.07. The number of rotatable bonds is 4. The zero-order valence-electron chi connectivity index (χ0n) is 8.34. The Morgan fingerprint density at radius 2 is 2.19 bits per heavy atom. The van der Waals surface area contributed by atoms with Crippen LogP contribution in [0.2, 0.25) is 0 Å². The first kappa shape index (κ1) is 12.9. The van der Waals surface area contributed by atoms with Gasteiger partial charge in [-0.05, 0) is 30.2 Å². The number of aryl methyl sites for hydroxylation is 1. The van der Waals surface area contributed by atoms with E-state index in [1.54, 1.807) is 0 Å². The molecule has 0 aliphatic rings. The summed E-state index contributed by atoms with van der Waals surface area (Å²) in [5.41, 5.74) is 0.904. The minimum absolute atomic E-state index is 0.0352. The van der Waals surface area contributed by atoms with Gasteiger partial charge in [-0.1, -0.05) is 15.9 Å². The van der Waals surface area contributed by atoms with Crippen LogP contribution < -0.4 is 4.74 Å².